The molecule has 1 atom stereocenters. The number of hydrogen-bond donors (Lipinski definition) is 0. The minimum absolute atomic E-state index is 0.869. The highest BCUT2D eigenvalue weighted by molar-refractivity contribution is 7.99. The van der Waals surface area contributed by atoms with E-state index in [-0.39, 0.29) is 0 Å². The number of likely N-dealkylation sites (tertiary alicyclic amines) is 1. The lowest BCUT2D eigenvalue weighted by Crippen LogP contribution is -2.43. The molecule has 100 valence electrons. The lowest BCUT2D eigenvalue weighted by atomic mass is 9.96. The van der Waals surface area contributed by atoms with E-state index in [2.05, 4.69) is 35.5 Å². The van der Waals surface area contributed by atoms with Crippen LogP contribution in [0.1, 0.15) is 32.6 Å². The van der Waals surface area contributed by atoms with Gasteiger partial charge in [-0.15, -0.1) is 0 Å². The molecule has 2 saturated heterocycles. The fraction of sp³-hybridized carbons (Fsp3) is 1.00. The molecule has 17 heavy (non-hydrogen) atoms. The average molecular weight is 256 g/mol. The van der Waals surface area contributed by atoms with Gasteiger partial charge < -0.3 is 9.80 Å². The molecule has 0 saturated carbocycles. The second-order valence-electron chi connectivity index (χ2n) is 5.68. The van der Waals surface area contributed by atoms with E-state index < -0.39 is 0 Å². The number of nitrogens with zero attached hydrogens (tertiary/aromatic N) is 2. The summed E-state index contributed by atoms with van der Waals surface area (Å²) in [5.74, 6) is 3.67. The maximum absolute atomic E-state index is 2.66. The van der Waals surface area contributed by atoms with Crippen molar-refractivity contribution in [1.29, 1.82) is 0 Å². The lowest BCUT2D eigenvalue weighted by Gasteiger charge is -2.37. The van der Waals surface area contributed by atoms with E-state index in [9.17, 15) is 0 Å². The van der Waals surface area contributed by atoms with Crippen molar-refractivity contribution in [3.8, 4) is 0 Å². The van der Waals surface area contributed by atoms with Gasteiger partial charge in [0, 0.05) is 19.1 Å². The molecule has 2 rings (SSSR count). The highest BCUT2D eigenvalue weighted by atomic mass is 32.2. The van der Waals surface area contributed by atoms with Crippen molar-refractivity contribution in [2.75, 3.05) is 44.7 Å². The molecule has 3 heteroatoms. The Kier molecular flexibility index (Phi) is 5.64. The molecule has 0 N–H and O–H groups in total. The second kappa shape index (κ2) is 7.01. The third kappa shape index (κ3) is 4.15. The fourth-order valence-electron chi connectivity index (χ4n) is 3.27. The van der Waals surface area contributed by atoms with Crippen molar-refractivity contribution >= 4 is 11.8 Å². The molecule has 0 bridgehead atoms. The van der Waals surface area contributed by atoms with Crippen molar-refractivity contribution in [1.82, 2.24) is 9.80 Å². The van der Waals surface area contributed by atoms with Crippen LogP contribution in [0, 0.1) is 5.92 Å². The van der Waals surface area contributed by atoms with Gasteiger partial charge in [-0.2, -0.15) is 11.8 Å². The van der Waals surface area contributed by atoms with Crippen LogP contribution in [0.4, 0.5) is 0 Å². The summed E-state index contributed by atoms with van der Waals surface area (Å²) in [6.45, 7) is 7.52. The molecular formula is C14H28N2S. The van der Waals surface area contributed by atoms with Crippen molar-refractivity contribution in [3.05, 3.63) is 0 Å². The molecule has 2 aliphatic heterocycles. The van der Waals surface area contributed by atoms with E-state index in [0.717, 1.165) is 12.0 Å². The van der Waals surface area contributed by atoms with E-state index in [1.807, 2.05) is 0 Å². The van der Waals surface area contributed by atoms with Crippen molar-refractivity contribution in [2.45, 2.75) is 38.6 Å². The topological polar surface area (TPSA) is 6.48 Å². The summed E-state index contributed by atoms with van der Waals surface area (Å²) >= 11 is 2.13. The minimum atomic E-state index is 0.869. The third-order valence-electron chi connectivity index (χ3n) is 4.41. The van der Waals surface area contributed by atoms with E-state index in [1.54, 1.807) is 0 Å². The maximum atomic E-state index is 2.66. The summed E-state index contributed by atoms with van der Waals surface area (Å²) in [4.78, 5) is 5.28. The normalized spacial score (nSPS) is 28.8. The van der Waals surface area contributed by atoms with Gasteiger partial charge in [0.25, 0.3) is 0 Å². The number of piperidine rings is 1. The molecule has 1 unspecified atom stereocenters. The number of rotatable bonds is 4. The first-order valence-electron chi connectivity index (χ1n) is 7.30. The Morgan fingerprint density at radius 2 is 2.00 bits per heavy atom. The first-order valence-corrected chi connectivity index (χ1v) is 8.45. The average Bonchev–Trinajstić information content (AvgIpc) is 2.40. The van der Waals surface area contributed by atoms with E-state index >= 15 is 0 Å². The molecule has 2 nitrogen and oxygen atoms in total. The van der Waals surface area contributed by atoms with E-state index in [4.69, 9.17) is 0 Å². The van der Waals surface area contributed by atoms with Gasteiger partial charge >= 0.3 is 0 Å². The van der Waals surface area contributed by atoms with E-state index in [1.165, 1.54) is 63.4 Å². The Labute approximate surface area is 111 Å². The summed E-state index contributed by atoms with van der Waals surface area (Å²) in [6.07, 6.45) is 5.67. The van der Waals surface area contributed by atoms with Gasteiger partial charge in [0.1, 0.15) is 0 Å². The van der Waals surface area contributed by atoms with Crippen LogP contribution < -0.4 is 0 Å². The molecule has 0 spiro atoms. The zero-order chi connectivity index (χ0) is 12.1. The Morgan fingerprint density at radius 3 is 2.71 bits per heavy atom. The van der Waals surface area contributed by atoms with Crippen LogP contribution in [-0.4, -0.2) is 60.6 Å². The van der Waals surface area contributed by atoms with Gasteiger partial charge in [0.05, 0.1) is 0 Å². The van der Waals surface area contributed by atoms with Crippen LogP contribution in [0.25, 0.3) is 0 Å². The molecule has 2 aliphatic rings. The lowest BCUT2D eigenvalue weighted by molar-refractivity contribution is 0.125. The minimum Gasteiger partial charge on any atom is -0.303 e. The zero-order valence-electron chi connectivity index (χ0n) is 11.5. The van der Waals surface area contributed by atoms with Crippen molar-refractivity contribution in [3.63, 3.8) is 0 Å². The molecule has 0 aromatic rings. The highest BCUT2D eigenvalue weighted by Crippen LogP contribution is 2.23. The smallest absolute Gasteiger partial charge is 0.0108 e. The van der Waals surface area contributed by atoms with Crippen molar-refractivity contribution < 1.29 is 0 Å². The molecule has 0 aliphatic carbocycles. The molecular weight excluding hydrogens is 228 g/mol. The Bertz CT molecular complexity index is 216. The summed E-state index contributed by atoms with van der Waals surface area (Å²) in [7, 11) is 2.35. The summed E-state index contributed by atoms with van der Waals surface area (Å²) in [6, 6.07) is 0.869. The van der Waals surface area contributed by atoms with Crippen LogP contribution in [0.15, 0.2) is 0 Å². The first-order chi connectivity index (χ1) is 8.29. The summed E-state index contributed by atoms with van der Waals surface area (Å²) in [5.41, 5.74) is 0. The fourth-order valence-corrected chi connectivity index (χ4v) is 4.35. The molecule has 2 heterocycles. The molecule has 2 fully saturated rings. The molecule has 0 aromatic carbocycles. The van der Waals surface area contributed by atoms with Crippen molar-refractivity contribution in [2.24, 2.45) is 5.92 Å². The summed E-state index contributed by atoms with van der Waals surface area (Å²) < 4.78 is 0. The molecule has 0 radical (unpaired) electrons. The quantitative estimate of drug-likeness (QED) is 0.763. The van der Waals surface area contributed by atoms with Crippen LogP contribution >= 0.6 is 11.8 Å². The SMILES string of the molecule is CCN1CCCC(CN(C)C2CCSCC2)C1. The standard InChI is InChI=1S/C14H28N2S/c1-3-16-8-4-5-13(12-16)11-15(2)14-6-9-17-10-7-14/h13-14H,3-12H2,1-2H3. The first kappa shape index (κ1) is 13.7. The van der Waals surface area contributed by atoms with Crippen LogP contribution in [-0.2, 0) is 0 Å². The van der Waals surface area contributed by atoms with Gasteiger partial charge in [0.2, 0.25) is 0 Å². The van der Waals surface area contributed by atoms with Crippen LogP contribution in [0.3, 0.4) is 0 Å². The monoisotopic (exact) mass is 256 g/mol. The third-order valence-corrected chi connectivity index (χ3v) is 5.46. The van der Waals surface area contributed by atoms with Gasteiger partial charge in [0.15, 0.2) is 0 Å². The zero-order valence-corrected chi connectivity index (χ0v) is 12.3. The number of hydrogen-bond acceptors (Lipinski definition) is 3. The predicted molar refractivity (Wildman–Crippen MR) is 77.8 cm³/mol. The summed E-state index contributed by atoms with van der Waals surface area (Å²) in [5, 5.41) is 0. The predicted octanol–water partition coefficient (Wildman–Crippen LogP) is 2.55. The Hall–Kier alpha value is 0.270. The van der Waals surface area contributed by atoms with Gasteiger partial charge in [-0.1, -0.05) is 6.92 Å². The van der Waals surface area contributed by atoms with Gasteiger partial charge in [-0.3, -0.25) is 0 Å². The van der Waals surface area contributed by atoms with Crippen LogP contribution in [0.2, 0.25) is 0 Å². The second-order valence-corrected chi connectivity index (χ2v) is 6.91. The highest BCUT2D eigenvalue weighted by Gasteiger charge is 2.24. The van der Waals surface area contributed by atoms with Crippen LogP contribution in [0.5, 0.6) is 0 Å². The largest absolute Gasteiger partial charge is 0.303 e. The van der Waals surface area contributed by atoms with E-state index in [0.29, 0.717) is 0 Å². The Morgan fingerprint density at radius 1 is 1.24 bits per heavy atom. The Balaban J connectivity index is 1.74. The van der Waals surface area contributed by atoms with Gasteiger partial charge in [-0.05, 0) is 63.2 Å². The molecule has 0 amide bonds. The number of thioether (sulfide) groups is 1. The van der Waals surface area contributed by atoms with Gasteiger partial charge in [-0.25, -0.2) is 0 Å². The molecule has 0 aromatic heterocycles. The maximum Gasteiger partial charge on any atom is 0.0108 e.